The van der Waals surface area contributed by atoms with Crippen molar-refractivity contribution in [3.63, 3.8) is 0 Å². The van der Waals surface area contributed by atoms with Gasteiger partial charge < -0.3 is 9.47 Å². The molecule has 0 atom stereocenters. The summed E-state index contributed by atoms with van der Waals surface area (Å²) in [5, 5.41) is 0. The summed E-state index contributed by atoms with van der Waals surface area (Å²) >= 11 is 0. The topological polar surface area (TPSA) is 52.6 Å². The molecule has 2 aromatic carbocycles. The Labute approximate surface area is 288 Å². The summed E-state index contributed by atoms with van der Waals surface area (Å²) in [6.45, 7) is 4.32. The molecule has 2 rings (SSSR count). The highest BCUT2D eigenvalue weighted by atomic mass is 19.4. The van der Waals surface area contributed by atoms with E-state index in [1.807, 2.05) is 0 Å². The van der Waals surface area contributed by atoms with Crippen molar-refractivity contribution in [2.75, 3.05) is 0 Å². The normalized spacial score (nSPS) is 12.2. The number of benzene rings is 2. The molecule has 0 aromatic heterocycles. The number of alkyl halides is 6. The minimum Gasteiger partial charge on any atom is -0.427 e. The Morgan fingerprint density at radius 2 is 0.714 bits per heavy atom. The van der Waals surface area contributed by atoms with E-state index in [0.29, 0.717) is 37.1 Å². The molecule has 0 aliphatic rings. The van der Waals surface area contributed by atoms with E-state index < -0.39 is 40.8 Å². The van der Waals surface area contributed by atoms with Gasteiger partial charge in [0.1, 0.15) is 11.5 Å². The van der Waals surface area contributed by atoms with Gasteiger partial charge >= 0.3 is 24.3 Å². The van der Waals surface area contributed by atoms with Crippen molar-refractivity contribution in [1.29, 1.82) is 0 Å². The molecule has 2 aromatic rings. The first-order valence-electron chi connectivity index (χ1n) is 18.1. The van der Waals surface area contributed by atoms with E-state index >= 15 is 0 Å². The summed E-state index contributed by atoms with van der Waals surface area (Å²) < 4.78 is 97.9. The van der Waals surface area contributed by atoms with Crippen LogP contribution in [-0.4, -0.2) is 24.3 Å². The van der Waals surface area contributed by atoms with Crippen LogP contribution in [0.3, 0.4) is 0 Å². The molecule has 49 heavy (non-hydrogen) atoms. The summed E-state index contributed by atoms with van der Waals surface area (Å²) in [5.74, 6) is -1.48. The molecule has 0 aliphatic carbocycles. The van der Waals surface area contributed by atoms with Crippen LogP contribution in [0, 0.1) is 0 Å². The van der Waals surface area contributed by atoms with Crippen LogP contribution in [0.1, 0.15) is 153 Å². The average molecular weight is 701 g/mol. The van der Waals surface area contributed by atoms with Gasteiger partial charge in [0.15, 0.2) is 0 Å². The number of carbonyl (C=O) groups is 2. The Morgan fingerprint density at radius 3 is 0.980 bits per heavy atom. The molecular formula is C39H54F6O4. The Balaban J connectivity index is 2.01. The van der Waals surface area contributed by atoms with Crippen molar-refractivity contribution in [1.82, 2.24) is 0 Å². The second kappa shape index (κ2) is 21.9. The molecule has 0 heterocycles. The Kier molecular flexibility index (Phi) is 18.8. The molecule has 0 spiro atoms. The van der Waals surface area contributed by atoms with Crippen molar-refractivity contribution >= 4 is 11.9 Å². The Hall–Kier alpha value is -3.04. The van der Waals surface area contributed by atoms with Gasteiger partial charge in [0.25, 0.3) is 0 Å². The zero-order valence-electron chi connectivity index (χ0n) is 29.2. The van der Waals surface area contributed by atoms with E-state index in [1.54, 1.807) is 0 Å². The second-order valence-electron chi connectivity index (χ2n) is 12.9. The highest BCUT2D eigenvalue weighted by Gasteiger charge is 2.72. The standard InChI is InChI=1S/C39H54F6O4/c1-3-5-7-9-11-13-15-17-19-21-35(46)48-33-27-23-31(24-28-33)37(38(40,41)42,39(43,44)45)32-25-29-34(30-26-32)49-36(47)22-20-18-16-14-12-10-8-6-4-2/h23-30H,3-22H2,1-2H3. The minimum atomic E-state index is -5.78. The molecule has 4 nitrogen and oxygen atoms in total. The largest absolute Gasteiger partial charge is 0.427 e. The quantitative estimate of drug-likeness (QED) is 0.0473. The fraction of sp³-hybridized carbons (Fsp3) is 0.641. The lowest BCUT2D eigenvalue weighted by atomic mass is 9.73. The molecular weight excluding hydrogens is 646 g/mol. The van der Waals surface area contributed by atoms with E-state index in [9.17, 15) is 35.9 Å². The maximum absolute atomic E-state index is 14.6. The molecule has 276 valence electrons. The highest BCUT2D eigenvalue weighted by molar-refractivity contribution is 5.73. The maximum atomic E-state index is 14.6. The van der Waals surface area contributed by atoms with Crippen LogP contribution in [0.2, 0.25) is 0 Å². The average Bonchev–Trinajstić information content (AvgIpc) is 3.04. The second-order valence-corrected chi connectivity index (χ2v) is 12.9. The smallest absolute Gasteiger partial charge is 0.411 e. The molecule has 0 aliphatic heterocycles. The third kappa shape index (κ3) is 14.0. The number of rotatable bonds is 24. The SMILES string of the molecule is CCCCCCCCCCCC(=O)Oc1ccc(C(c2ccc(OC(=O)CCCCCCCCCCC)cc2)(C(F)(F)F)C(F)(F)F)cc1. The van der Waals surface area contributed by atoms with E-state index in [-0.39, 0.29) is 24.3 Å². The van der Waals surface area contributed by atoms with Gasteiger partial charge in [0.2, 0.25) is 5.41 Å². The number of hydrogen-bond donors (Lipinski definition) is 0. The molecule has 0 amide bonds. The fourth-order valence-electron chi connectivity index (χ4n) is 6.05. The molecule has 0 radical (unpaired) electrons. The number of unbranched alkanes of at least 4 members (excludes halogenated alkanes) is 16. The molecule has 0 saturated heterocycles. The molecule has 10 heteroatoms. The zero-order valence-corrected chi connectivity index (χ0v) is 29.2. The van der Waals surface area contributed by atoms with Crippen LogP contribution in [-0.2, 0) is 15.0 Å². The van der Waals surface area contributed by atoms with Gasteiger partial charge in [0.05, 0.1) is 0 Å². The lowest BCUT2D eigenvalue weighted by Gasteiger charge is -2.38. The van der Waals surface area contributed by atoms with Crippen molar-refractivity contribution in [2.24, 2.45) is 0 Å². The van der Waals surface area contributed by atoms with Crippen LogP contribution in [0.25, 0.3) is 0 Å². The lowest BCUT2D eigenvalue weighted by Crippen LogP contribution is -2.54. The predicted molar refractivity (Wildman–Crippen MR) is 181 cm³/mol. The lowest BCUT2D eigenvalue weighted by molar-refractivity contribution is -0.288. The van der Waals surface area contributed by atoms with Crippen LogP contribution in [0.5, 0.6) is 11.5 Å². The molecule has 0 saturated carbocycles. The number of halogens is 6. The summed E-state index contributed by atoms with van der Waals surface area (Å²) in [7, 11) is 0. The van der Waals surface area contributed by atoms with Gasteiger partial charge in [-0.15, -0.1) is 0 Å². The molecule has 0 fully saturated rings. The summed E-state index contributed by atoms with van der Waals surface area (Å²) in [4.78, 5) is 24.5. The van der Waals surface area contributed by atoms with Gasteiger partial charge in [-0.2, -0.15) is 26.3 Å². The van der Waals surface area contributed by atoms with E-state index in [2.05, 4.69) is 13.8 Å². The molecule has 0 unspecified atom stereocenters. The summed E-state index contributed by atoms with van der Waals surface area (Å²) in [5.41, 5.74) is -6.54. The van der Waals surface area contributed by atoms with Crippen molar-refractivity contribution in [3.8, 4) is 11.5 Å². The van der Waals surface area contributed by atoms with E-state index in [4.69, 9.17) is 9.47 Å². The number of esters is 2. The Morgan fingerprint density at radius 1 is 0.449 bits per heavy atom. The van der Waals surface area contributed by atoms with Crippen LogP contribution in [0.4, 0.5) is 26.3 Å². The molecule has 0 N–H and O–H groups in total. The maximum Gasteiger partial charge on any atom is 0.411 e. The zero-order chi connectivity index (χ0) is 36.2. The third-order valence-electron chi connectivity index (χ3n) is 8.86. The minimum absolute atomic E-state index is 0.0999. The van der Waals surface area contributed by atoms with Gasteiger partial charge in [0, 0.05) is 12.8 Å². The van der Waals surface area contributed by atoms with Crippen LogP contribution in [0.15, 0.2) is 48.5 Å². The van der Waals surface area contributed by atoms with E-state index in [0.717, 1.165) is 75.6 Å². The first kappa shape index (κ1) is 42.1. The molecule has 0 bridgehead atoms. The highest BCUT2D eigenvalue weighted by Crippen LogP contribution is 2.56. The van der Waals surface area contributed by atoms with Crippen molar-refractivity contribution in [2.45, 2.75) is 160 Å². The van der Waals surface area contributed by atoms with Crippen LogP contribution < -0.4 is 9.47 Å². The first-order valence-corrected chi connectivity index (χ1v) is 18.1. The van der Waals surface area contributed by atoms with Crippen molar-refractivity contribution < 1.29 is 45.4 Å². The Bertz CT molecular complexity index is 1110. The van der Waals surface area contributed by atoms with Gasteiger partial charge in [-0.3, -0.25) is 9.59 Å². The van der Waals surface area contributed by atoms with Crippen molar-refractivity contribution in [3.05, 3.63) is 59.7 Å². The first-order chi connectivity index (χ1) is 23.4. The number of ether oxygens (including phenoxy) is 2. The number of hydrogen-bond acceptors (Lipinski definition) is 4. The predicted octanol–water partition coefficient (Wildman–Crippen LogP) is 12.7. The van der Waals surface area contributed by atoms with Crippen LogP contribution >= 0.6 is 0 Å². The number of carbonyl (C=O) groups excluding carboxylic acids is 2. The van der Waals surface area contributed by atoms with Gasteiger partial charge in [-0.25, -0.2) is 0 Å². The van der Waals surface area contributed by atoms with Gasteiger partial charge in [-0.1, -0.05) is 141 Å². The monoisotopic (exact) mass is 700 g/mol. The fourth-order valence-corrected chi connectivity index (χ4v) is 6.05. The summed E-state index contributed by atoms with van der Waals surface area (Å²) in [6.07, 6.45) is 7.51. The third-order valence-corrected chi connectivity index (χ3v) is 8.86. The summed E-state index contributed by atoms with van der Waals surface area (Å²) in [6, 6.07) is 6.50. The van der Waals surface area contributed by atoms with E-state index in [1.165, 1.54) is 51.4 Å². The van der Waals surface area contributed by atoms with Gasteiger partial charge in [-0.05, 0) is 48.2 Å².